The van der Waals surface area contributed by atoms with Crippen molar-refractivity contribution in [1.29, 1.82) is 0 Å². The van der Waals surface area contributed by atoms with Crippen LogP contribution in [0.1, 0.15) is 82.1 Å². The van der Waals surface area contributed by atoms with E-state index in [1.165, 1.54) is 12.8 Å². The normalized spacial score (nSPS) is 47.7. The Morgan fingerprint density at radius 1 is 0.950 bits per heavy atom. The minimum atomic E-state index is 0.438. The lowest BCUT2D eigenvalue weighted by molar-refractivity contribution is -0.0161. The van der Waals surface area contributed by atoms with Crippen LogP contribution >= 0.6 is 0 Å². The first-order valence-electron chi connectivity index (χ1n) is 8.98. The van der Waals surface area contributed by atoms with Crippen molar-refractivity contribution in [2.24, 2.45) is 45.3 Å². The van der Waals surface area contributed by atoms with Gasteiger partial charge in [0.05, 0.1) is 0 Å². The van der Waals surface area contributed by atoms with Crippen LogP contribution in [0.3, 0.4) is 0 Å². The van der Waals surface area contributed by atoms with E-state index in [-0.39, 0.29) is 0 Å². The first-order valence-corrected chi connectivity index (χ1v) is 8.98. The highest BCUT2D eigenvalue weighted by atomic mass is 14.9. The van der Waals surface area contributed by atoms with Gasteiger partial charge in [-0.25, -0.2) is 0 Å². The molecule has 2 aliphatic carbocycles. The molecule has 2 fully saturated rings. The number of hydrogen-bond acceptors (Lipinski definition) is 0. The van der Waals surface area contributed by atoms with Crippen molar-refractivity contribution in [3.63, 3.8) is 0 Å². The highest BCUT2D eigenvalue weighted by Gasteiger charge is 2.87. The third-order valence-electron chi connectivity index (χ3n) is 9.29. The van der Waals surface area contributed by atoms with Gasteiger partial charge in [0.1, 0.15) is 0 Å². The summed E-state index contributed by atoms with van der Waals surface area (Å²) in [7, 11) is 0. The van der Waals surface area contributed by atoms with Crippen LogP contribution in [0.15, 0.2) is 0 Å². The standard InChI is InChI=1S/C20H38/c1-11-13(3)14(4)16-17(6,7)18(8,9)20(12-2)15(5)19(16,20)10/h13-16H,11-12H2,1-10H3. The molecular formula is C20H38. The smallest absolute Gasteiger partial charge is 0.0153 e. The average Bonchev–Trinajstić information content (AvgIpc) is 2.81. The van der Waals surface area contributed by atoms with E-state index in [4.69, 9.17) is 0 Å². The van der Waals surface area contributed by atoms with Gasteiger partial charge in [-0.15, -0.1) is 0 Å². The van der Waals surface area contributed by atoms with Crippen molar-refractivity contribution in [2.45, 2.75) is 82.1 Å². The highest BCUT2D eigenvalue weighted by molar-refractivity contribution is 5.34. The topological polar surface area (TPSA) is 0 Å². The molecule has 6 unspecified atom stereocenters. The SMILES string of the molecule is CCC(C)C(C)C1C(C)(C)C(C)(C)C2(CC)C(C)C12C. The molecule has 6 atom stereocenters. The summed E-state index contributed by atoms with van der Waals surface area (Å²) in [5, 5.41) is 0. The molecule has 118 valence electrons. The van der Waals surface area contributed by atoms with Gasteiger partial charge in [0.2, 0.25) is 0 Å². The fourth-order valence-corrected chi connectivity index (χ4v) is 7.47. The van der Waals surface area contributed by atoms with Crippen LogP contribution in [0.2, 0.25) is 0 Å². The van der Waals surface area contributed by atoms with E-state index in [0.717, 1.165) is 23.7 Å². The Hall–Kier alpha value is 0. The monoisotopic (exact) mass is 278 g/mol. The molecule has 0 saturated heterocycles. The summed E-state index contributed by atoms with van der Waals surface area (Å²) >= 11 is 0. The van der Waals surface area contributed by atoms with E-state index in [0.29, 0.717) is 21.7 Å². The Morgan fingerprint density at radius 3 is 1.80 bits per heavy atom. The molecule has 20 heavy (non-hydrogen) atoms. The summed E-state index contributed by atoms with van der Waals surface area (Å²) < 4.78 is 0. The zero-order valence-electron chi connectivity index (χ0n) is 15.7. The maximum Gasteiger partial charge on any atom is -0.0153 e. The van der Waals surface area contributed by atoms with Gasteiger partial charge in [-0.2, -0.15) is 0 Å². The summed E-state index contributed by atoms with van der Waals surface area (Å²) in [6.07, 6.45) is 2.67. The van der Waals surface area contributed by atoms with Crippen LogP contribution in [0.25, 0.3) is 0 Å². The third kappa shape index (κ3) is 1.35. The van der Waals surface area contributed by atoms with Gasteiger partial charge in [0.15, 0.2) is 0 Å². The number of fused-ring (bicyclic) bond motifs is 1. The Kier molecular flexibility index (Phi) is 3.49. The molecule has 0 nitrogen and oxygen atoms in total. The van der Waals surface area contributed by atoms with Crippen LogP contribution in [-0.2, 0) is 0 Å². The molecule has 0 spiro atoms. The maximum atomic E-state index is 2.63. The minimum Gasteiger partial charge on any atom is -0.0651 e. The minimum absolute atomic E-state index is 0.438. The van der Waals surface area contributed by atoms with Crippen LogP contribution in [0.5, 0.6) is 0 Å². The molecule has 0 radical (unpaired) electrons. The largest absolute Gasteiger partial charge is 0.0651 e. The van der Waals surface area contributed by atoms with Crippen LogP contribution in [0, 0.1) is 45.3 Å². The van der Waals surface area contributed by atoms with Gasteiger partial charge in [0, 0.05) is 0 Å². The second-order valence-corrected chi connectivity index (χ2v) is 9.40. The van der Waals surface area contributed by atoms with Crippen molar-refractivity contribution in [3.05, 3.63) is 0 Å². The first-order chi connectivity index (χ1) is 8.98. The molecule has 0 amide bonds. The van der Waals surface area contributed by atoms with Crippen molar-refractivity contribution in [1.82, 2.24) is 0 Å². The van der Waals surface area contributed by atoms with Crippen LogP contribution in [0.4, 0.5) is 0 Å². The molecule has 0 N–H and O–H groups in total. The van der Waals surface area contributed by atoms with E-state index in [1.54, 1.807) is 0 Å². The first kappa shape index (κ1) is 16.4. The summed E-state index contributed by atoms with van der Waals surface area (Å²) in [6, 6.07) is 0. The third-order valence-corrected chi connectivity index (χ3v) is 9.29. The molecule has 0 aromatic carbocycles. The summed E-state index contributed by atoms with van der Waals surface area (Å²) in [5.74, 6) is 3.42. The van der Waals surface area contributed by atoms with Gasteiger partial charge in [-0.05, 0) is 51.8 Å². The van der Waals surface area contributed by atoms with Gasteiger partial charge in [-0.3, -0.25) is 0 Å². The zero-order valence-corrected chi connectivity index (χ0v) is 15.7. The van der Waals surface area contributed by atoms with Gasteiger partial charge in [0.25, 0.3) is 0 Å². The fourth-order valence-electron chi connectivity index (χ4n) is 7.47. The quantitative estimate of drug-likeness (QED) is 0.558. The summed E-state index contributed by atoms with van der Waals surface area (Å²) in [6.45, 7) is 25.3. The molecule has 0 aromatic heterocycles. The zero-order chi connectivity index (χ0) is 15.7. The van der Waals surface area contributed by atoms with Crippen molar-refractivity contribution < 1.29 is 0 Å². The van der Waals surface area contributed by atoms with E-state index < -0.39 is 0 Å². The number of hydrogen-bond donors (Lipinski definition) is 0. The van der Waals surface area contributed by atoms with E-state index in [2.05, 4.69) is 69.2 Å². The Morgan fingerprint density at radius 2 is 1.45 bits per heavy atom. The van der Waals surface area contributed by atoms with Gasteiger partial charge < -0.3 is 0 Å². The van der Waals surface area contributed by atoms with Crippen LogP contribution in [-0.4, -0.2) is 0 Å². The molecule has 2 saturated carbocycles. The van der Waals surface area contributed by atoms with Crippen LogP contribution < -0.4 is 0 Å². The number of rotatable bonds is 4. The Labute approximate surface area is 128 Å². The van der Waals surface area contributed by atoms with Gasteiger partial charge >= 0.3 is 0 Å². The molecule has 2 aliphatic rings. The summed E-state index contributed by atoms with van der Waals surface area (Å²) in [5.41, 5.74) is 2.00. The van der Waals surface area contributed by atoms with Crippen molar-refractivity contribution in [3.8, 4) is 0 Å². The average molecular weight is 279 g/mol. The molecule has 0 aromatic rings. The van der Waals surface area contributed by atoms with Crippen molar-refractivity contribution >= 4 is 0 Å². The molecule has 0 aliphatic heterocycles. The predicted molar refractivity (Wildman–Crippen MR) is 89.7 cm³/mol. The van der Waals surface area contributed by atoms with Crippen molar-refractivity contribution in [2.75, 3.05) is 0 Å². The van der Waals surface area contributed by atoms with E-state index >= 15 is 0 Å². The lowest BCUT2D eigenvalue weighted by Gasteiger charge is -2.50. The van der Waals surface area contributed by atoms with E-state index in [9.17, 15) is 0 Å². The van der Waals surface area contributed by atoms with Gasteiger partial charge in [-0.1, -0.05) is 75.7 Å². The molecular weight excluding hydrogens is 240 g/mol. The van der Waals surface area contributed by atoms with E-state index in [1.807, 2.05) is 0 Å². The molecule has 0 heterocycles. The fraction of sp³-hybridized carbons (Fsp3) is 1.00. The lowest BCUT2D eigenvalue weighted by atomic mass is 9.55. The molecule has 2 rings (SSSR count). The second kappa shape index (κ2) is 4.26. The highest BCUT2D eigenvalue weighted by Crippen LogP contribution is 2.91. The molecule has 0 bridgehead atoms. The lowest BCUT2D eigenvalue weighted by Crippen LogP contribution is -2.44. The molecule has 0 heteroatoms. The predicted octanol–water partition coefficient (Wildman–Crippen LogP) is 6.40. The Bertz CT molecular complexity index is 391. The summed E-state index contributed by atoms with van der Waals surface area (Å²) in [4.78, 5) is 0. The maximum absolute atomic E-state index is 2.63. The Balaban J connectivity index is 2.54. The second-order valence-electron chi connectivity index (χ2n) is 9.40.